The quantitative estimate of drug-likeness (QED) is 0.265. The smallest absolute Gasteiger partial charge is 0.450 e. The number of likely N-dealkylation sites (tertiary alicyclic amines) is 1. The molecule has 2 heterocycles. The van der Waals surface area contributed by atoms with Crippen molar-refractivity contribution in [1.82, 2.24) is 10.2 Å². The largest absolute Gasteiger partial charge is 0.507 e. The molecule has 4 unspecified atom stereocenters. The van der Waals surface area contributed by atoms with Crippen LogP contribution in [0.25, 0.3) is 0 Å². The normalized spacial score (nSPS) is 29.9. The second-order valence-electron chi connectivity index (χ2n) is 7.21. The molecule has 0 radical (unpaired) electrons. The number of carboxylic acid groups (broad SMARTS) is 1. The molecule has 3 rings (SSSR count). The Morgan fingerprint density at radius 3 is 2.37 bits per heavy atom. The van der Waals surface area contributed by atoms with Crippen molar-refractivity contribution >= 4 is 23.8 Å². The minimum Gasteiger partial charge on any atom is -0.450 e. The Morgan fingerprint density at radius 2 is 1.89 bits per heavy atom. The van der Waals surface area contributed by atoms with Crippen molar-refractivity contribution in [3.8, 4) is 0 Å². The van der Waals surface area contributed by atoms with E-state index < -0.39 is 41.6 Å². The maximum absolute atomic E-state index is 12.8. The number of nitrogens with zero attached hydrogens (tertiary/aromatic N) is 1. The number of imide groups is 1. The third-order valence-corrected chi connectivity index (χ3v) is 5.47. The van der Waals surface area contributed by atoms with Gasteiger partial charge in [-0.2, -0.15) is 0 Å². The average Bonchev–Trinajstić information content (AvgIpc) is 3.05. The molecule has 0 aliphatic carbocycles. The predicted molar refractivity (Wildman–Crippen MR) is 94.8 cm³/mol. The molecule has 1 aromatic carbocycles. The van der Waals surface area contributed by atoms with Gasteiger partial charge in [0.1, 0.15) is 11.8 Å². The Kier molecular flexibility index (Phi) is 4.43. The Bertz CT molecular complexity index is 822. The minimum absolute atomic E-state index is 0.0867. The van der Waals surface area contributed by atoms with E-state index >= 15 is 0 Å². The van der Waals surface area contributed by atoms with Gasteiger partial charge < -0.3 is 15.6 Å². The highest BCUT2D eigenvalue weighted by molar-refractivity contribution is 6.06. The summed E-state index contributed by atoms with van der Waals surface area (Å²) in [7, 11) is 1.39. The van der Waals surface area contributed by atoms with E-state index in [1.807, 2.05) is 0 Å². The van der Waals surface area contributed by atoms with Gasteiger partial charge in [0, 0.05) is 24.6 Å². The van der Waals surface area contributed by atoms with Gasteiger partial charge in [-0.3, -0.25) is 25.2 Å². The number of nitrogens with two attached hydrogens (primary N) is 1. The summed E-state index contributed by atoms with van der Waals surface area (Å²) < 4.78 is 5.21. The summed E-state index contributed by atoms with van der Waals surface area (Å²) in [4.78, 5) is 37.9. The average molecular weight is 374 g/mol. The number of nitrogen functional groups attached to an aromatic ring is 1. The van der Waals surface area contributed by atoms with E-state index in [9.17, 15) is 19.5 Å². The molecule has 4 atom stereocenters. The number of amidine groups is 1. The number of hydrogen-bond donors (Lipinski definition) is 4. The van der Waals surface area contributed by atoms with Crippen LogP contribution in [0.3, 0.4) is 0 Å². The van der Waals surface area contributed by atoms with Crippen LogP contribution in [-0.4, -0.2) is 46.6 Å². The first-order valence-corrected chi connectivity index (χ1v) is 8.55. The van der Waals surface area contributed by atoms with Crippen molar-refractivity contribution in [2.75, 3.05) is 7.05 Å². The zero-order valence-corrected chi connectivity index (χ0v) is 15.2. The SMILES string of the molecule is CC(C)C1(OC(=O)O)NC(c2ccc(C(=N)N)cc2)C2C(=O)N(C)C(=O)C21. The van der Waals surface area contributed by atoms with E-state index in [0.29, 0.717) is 11.1 Å². The van der Waals surface area contributed by atoms with Gasteiger partial charge in [-0.1, -0.05) is 38.1 Å². The van der Waals surface area contributed by atoms with E-state index in [2.05, 4.69) is 5.32 Å². The van der Waals surface area contributed by atoms with Gasteiger partial charge in [0.2, 0.25) is 11.8 Å². The highest BCUT2D eigenvalue weighted by Crippen LogP contribution is 2.51. The number of ether oxygens (including phenoxy) is 1. The van der Waals surface area contributed by atoms with E-state index in [1.165, 1.54) is 7.05 Å². The van der Waals surface area contributed by atoms with Crippen molar-refractivity contribution in [2.24, 2.45) is 23.5 Å². The summed E-state index contributed by atoms with van der Waals surface area (Å²) in [6.45, 7) is 3.48. The van der Waals surface area contributed by atoms with Gasteiger partial charge in [-0.15, -0.1) is 0 Å². The van der Waals surface area contributed by atoms with Crippen LogP contribution in [0.4, 0.5) is 4.79 Å². The molecule has 27 heavy (non-hydrogen) atoms. The lowest BCUT2D eigenvalue weighted by atomic mass is 9.81. The van der Waals surface area contributed by atoms with Gasteiger partial charge in [0.15, 0.2) is 5.72 Å². The second kappa shape index (κ2) is 6.34. The number of rotatable bonds is 4. The first-order valence-electron chi connectivity index (χ1n) is 8.55. The van der Waals surface area contributed by atoms with E-state index in [0.717, 1.165) is 4.90 Å². The van der Waals surface area contributed by atoms with Crippen molar-refractivity contribution in [3.05, 3.63) is 35.4 Å². The number of carbonyl (C=O) groups is 3. The lowest BCUT2D eigenvalue weighted by molar-refractivity contribution is -0.146. The third-order valence-electron chi connectivity index (χ3n) is 5.47. The predicted octanol–water partition coefficient (Wildman–Crippen LogP) is 0.893. The molecule has 2 fully saturated rings. The Morgan fingerprint density at radius 1 is 1.30 bits per heavy atom. The van der Waals surface area contributed by atoms with E-state index in [-0.39, 0.29) is 11.7 Å². The molecule has 1 aromatic rings. The zero-order valence-electron chi connectivity index (χ0n) is 15.2. The lowest BCUT2D eigenvalue weighted by Gasteiger charge is -2.36. The maximum atomic E-state index is 12.8. The van der Waals surface area contributed by atoms with Crippen LogP contribution in [0.2, 0.25) is 0 Å². The number of fused-ring (bicyclic) bond motifs is 1. The molecule has 9 nitrogen and oxygen atoms in total. The fourth-order valence-corrected chi connectivity index (χ4v) is 4.09. The molecular formula is C18H22N4O5. The van der Waals surface area contributed by atoms with Crippen molar-refractivity contribution in [2.45, 2.75) is 25.6 Å². The molecular weight excluding hydrogens is 352 g/mol. The molecule has 2 saturated heterocycles. The van der Waals surface area contributed by atoms with Crippen LogP contribution in [0.1, 0.15) is 31.0 Å². The lowest BCUT2D eigenvalue weighted by Crippen LogP contribution is -2.56. The van der Waals surface area contributed by atoms with Crippen molar-refractivity contribution < 1.29 is 24.2 Å². The fraction of sp³-hybridized carbons (Fsp3) is 0.444. The summed E-state index contributed by atoms with van der Waals surface area (Å²) in [6.07, 6.45) is -1.52. The number of amides is 2. The van der Waals surface area contributed by atoms with Gasteiger partial charge in [-0.05, 0) is 5.56 Å². The molecule has 5 N–H and O–H groups in total. The van der Waals surface area contributed by atoms with Crippen molar-refractivity contribution in [1.29, 1.82) is 5.41 Å². The number of benzene rings is 1. The third kappa shape index (κ3) is 2.74. The Labute approximate surface area is 156 Å². The molecule has 144 valence electrons. The molecule has 2 aliphatic heterocycles. The molecule has 0 saturated carbocycles. The summed E-state index contributed by atoms with van der Waals surface area (Å²) in [5.41, 5.74) is 5.17. The highest BCUT2D eigenvalue weighted by atomic mass is 16.7. The van der Waals surface area contributed by atoms with Gasteiger partial charge in [0.25, 0.3) is 0 Å². The summed E-state index contributed by atoms with van der Waals surface area (Å²) in [5.74, 6) is -3.07. The van der Waals surface area contributed by atoms with Crippen molar-refractivity contribution in [3.63, 3.8) is 0 Å². The fourth-order valence-electron chi connectivity index (χ4n) is 4.09. The molecule has 9 heteroatoms. The van der Waals surface area contributed by atoms with Crippen LogP contribution in [-0.2, 0) is 14.3 Å². The molecule has 0 spiro atoms. The maximum Gasteiger partial charge on any atom is 0.507 e. The van der Waals surface area contributed by atoms with Gasteiger partial charge in [0.05, 0.1) is 5.92 Å². The zero-order chi connectivity index (χ0) is 20.1. The van der Waals surface area contributed by atoms with E-state index in [1.54, 1.807) is 38.1 Å². The summed E-state index contributed by atoms with van der Waals surface area (Å²) in [6, 6.07) is 6.09. The molecule has 2 amide bonds. The summed E-state index contributed by atoms with van der Waals surface area (Å²) in [5, 5.41) is 19.9. The summed E-state index contributed by atoms with van der Waals surface area (Å²) >= 11 is 0. The molecule has 2 aliphatic rings. The van der Waals surface area contributed by atoms with Crippen LogP contribution in [0.15, 0.2) is 24.3 Å². The molecule has 0 bridgehead atoms. The number of nitrogens with one attached hydrogen (secondary N) is 2. The van der Waals surface area contributed by atoms with Gasteiger partial charge >= 0.3 is 6.16 Å². The van der Waals surface area contributed by atoms with Crippen LogP contribution in [0.5, 0.6) is 0 Å². The Hall–Kier alpha value is -2.94. The van der Waals surface area contributed by atoms with Crippen LogP contribution < -0.4 is 11.1 Å². The first kappa shape index (κ1) is 18.8. The van der Waals surface area contributed by atoms with Crippen LogP contribution in [0, 0.1) is 23.2 Å². The number of hydrogen-bond acceptors (Lipinski definition) is 6. The second-order valence-corrected chi connectivity index (χ2v) is 7.21. The number of carbonyl (C=O) groups excluding carboxylic acids is 2. The topological polar surface area (TPSA) is 146 Å². The standard InChI is InChI=1S/C18H22N4O5/c1-8(2)18(27-17(25)26)12-11(15(23)22(3)16(12)24)13(21-18)9-4-6-10(7-5-9)14(19)20/h4-8,11-13,21H,1-3H3,(H3,19,20)(H,25,26). The monoisotopic (exact) mass is 374 g/mol. The molecule has 0 aromatic heterocycles. The minimum atomic E-state index is -1.52. The first-order chi connectivity index (χ1) is 12.6. The van der Waals surface area contributed by atoms with E-state index in [4.69, 9.17) is 15.9 Å². The highest BCUT2D eigenvalue weighted by Gasteiger charge is 2.68. The Balaban J connectivity index is 2.10. The van der Waals surface area contributed by atoms with Gasteiger partial charge in [-0.25, -0.2) is 4.79 Å². The van der Waals surface area contributed by atoms with Crippen LogP contribution >= 0.6 is 0 Å².